The summed E-state index contributed by atoms with van der Waals surface area (Å²) in [6.45, 7) is 3.80. The van der Waals surface area contributed by atoms with Gasteiger partial charge in [-0.05, 0) is 31.6 Å². The Morgan fingerprint density at radius 2 is 2.38 bits per heavy atom. The van der Waals surface area contributed by atoms with E-state index < -0.39 is 0 Å². The summed E-state index contributed by atoms with van der Waals surface area (Å²) >= 11 is 0. The molecule has 1 aliphatic heterocycles. The lowest BCUT2D eigenvalue weighted by atomic mass is 10.1. The molecule has 0 aromatic carbocycles. The van der Waals surface area contributed by atoms with Crippen LogP contribution in [0, 0.1) is 5.92 Å². The highest BCUT2D eigenvalue weighted by atomic mass is 16.7. The van der Waals surface area contributed by atoms with Crippen LogP contribution in [0.5, 0.6) is 0 Å². The van der Waals surface area contributed by atoms with E-state index in [1.807, 2.05) is 6.92 Å². The number of aliphatic hydroxyl groups excluding tert-OH is 1. The third kappa shape index (κ3) is 4.60. The third-order valence-electron chi connectivity index (χ3n) is 2.36. The Bertz CT molecular complexity index is 121. The van der Waals surface area contributed by atoms with Crippen molar-refractivity contribution in [2.75, 3.05) is 19.8 Å². The molecule has 0 spiro atoms. The number of rotatable bonds is 5. The lowest BCUT2D eigenvalue weighted by Gasteiger charge is -2.23. The van der Waals surface area contributed by atoms with Crippen molar-refractivity contribution in [1.82, 2.24) is 0 Å². The van der Waals surface area contributed by atoms with Crippen LogP contribution in [-0.4, -0.2) is 31.2 Å². The number of hydrogen-bond acceptors (Lipinski definition) is 3. The summed E-state index contributed by atoms with van der Waals surface area (Å²) in [7, 11) is 0. The minimum atomic E-state index is 0.0136. The fourth-order valence-corrected chi connectivity index (χ4v) is 1.33. The first-order valence-corrected chi connectivity index (χ1v) is 5.17. The summed E-state index contributed by atoms with van der Waals surface area (Å²) in [5.74, 6) is 0.337. The predicted octanol–water partition coefficient (Wildman–Crippen LogP) is 1.55. The smallest absolute Gasteiger partial charge is 0.157 e. The molecule has 0 aliphatic carbocycles. The van der Waals surface area contributed by atoms with Crippen molar-refractivity contribution in [2.45, 2.75) is 38.9 Å². The molecule has 1 saturated heterocycles. The van der Waals surface area contributed by atoms with E-state index in [1.54, 1.807) is 0 Å². The Morgan fingerprint density at radius 1 is 1.54 bits per heavy atom. The van der Waals surface area contributed by atoms with Crippen LogP contribution in [0.25, 0.3) is 0 Å². The molecule has 13 heavy (non-hydrogen) atoms. The molecule has 0 amide bonds. The summed E-state index contributed by atoms with van der Waals surface area (Å²) in [5.41, 5.74) is 0. The van der Waals surface area contributed by atoms with Crippen molar-refractivity contribution in [1.29, 1.82) is 0 Å². The van der Waals surface area contributed by atoms with Crippen LogP contribution in [-0.2, 0) is 9.47 Å². The first kappa shape index (κ1) is 11.0. The maximum absolute atomic E-state index is 8.78. The van der Waals surface area contributed by atoms with E-state index in [9.17, 15) is 0 Å². The van der Waals surface area contributed by atoms with Crippen LogP contribution >= 0.6 is 0 Å². The molecule has 1 aliphatic rings. The zero-order valence-electron chi connectivity index (χ0n) is 8.37. The molecule has 0 radical (unpaired) electrons. The lowest BCUT2D eigenvalue weighted by molar-refractivity contribution is -0.164. The predicted molar refractivity (Wildman–Crippen MR) is 50.4 cm³/mol. The van der Waals surface area contributed by atoms with Crippen LogP contribution in [0.3, 0.4) is 0 Å². The van der Waals surface area contributed by atoms with Crippen molar-refractivity contribution in [2.24, 2.45) is 5.92 Å². The molecule has 1 rings (SSSR count). The molecule has 1 unspecified atom stereocenters. The van der Waals surface area contributed by atoms with E-state index in [-0.39, 0.29) is 12.9 Å². The van der Waals surface area contributed by atoms with Gasteiger partial charge in [-0.25, -0.2) is 0 Å². The molecule has 2 atom stereocenters. The molecular weight excluding hydrogens is 168 g/mol. The average molecular weight is 188 g/mol. The second-order valence-corrected chi connectivity index (χ2v) is 3.74. The van der Waals surface area contributed by atoms with Crippen LogP contribution < -0.4 is 0 Å². The molecule has 0 saturated carbocycles. The molecule has 0 bridgehead atoms. The largest absolute Gasteiger partial charge is 0.396 e. The van der Waals surface area contributed by atoms with Crippen molar-refractivity contribution in [3.8, 4) is 0 Å². The van der Waals surface area contributed by atoms with Gasteiger partial charge in [-0.2, -0.15) is 0 Å². The normalized spacial score (nSPS) is 25.8. The van der Waals surface area contributed by atoms with Crippen LogP contribution in [0.1, 0.15) is 32.6 Å². The van der Waals surface area contributed by atoms with E-state index in [4.69, 9.17) is 14.6 Å². The van der Waals surface area contributed by atoms with Crippen molar-refractivity contribution >= 4 is 0 Å². The number of hydrogen-bond donors (Lipinski definition) is 1. The molecule has 0 aromatic rings. The molecule has 0 aromatic heterocycles. The van der Waals surface area contributed by atoms with Gasteiger partial charge in [-0.15, -0.1) is 0 Å². The second kappa shape index (κ2) is 6.35. The Labute approximate surface area is 80.0 Å². The molecular formula is C10H20O3. The minimum Gasteiger partial charge on any atom is -0.396 e. The van der Waals surface area contributed by atoms with Crippen molar-refractivity contribution < 1.29 is 14.6 Å². The van der Waals surface area contributed by atoms with E-state index in [2.05, 4.69) is 0 Å². The van der Waals surface area contributed by atoms with Crippen molar-refractivity contribution in [3.05, 3.63) is 0 Å². The van der Waals surface area contributed by atoms with Gasteiger partial charge in [0.15, 0.2) is 6.29 Å². The lowest BCUT2D eigenvalue weighted by Crippen LogP contribution is -2.23. The standard InChI is InChI=1S/C10H20O3/c1-9(8-11)5-7-13-10-4-2-3-6-12-10/h9-11H,2-8H2,1H3/t9-,10?/m0/s1. The van der Waals surface area contributed by atoms with Gasteiger partial charge in [0.25, 0.3) is 0 Å². The molecule has 1 N–H and O–H groups in total. The Kier molecular flexibility index (Phi) is 5.35. The summed E-state index contributed by atoms with van der Waals surface area (Å²) in [6.07, 6.45) is 4.32. The number of aliphatic hydroxyl groups is 1. The fourth-order valence-electron chi connectivity index (χ4n) is 1.33. The molecule has 3 nitrogen and oxygen atoms in total. The summed E-state index contributed by atoms with van der Waals surface area (Å²) in [4.78, 5) is 0. The topological polar surface area (TPSA) is 38.7 Å². The quantitative estimate of drug-likeness (QED) is 0.711. The van der Waals surface area contributed by atoms with Crippen molar-refractivity contribution in [3.63, 3.8) is 0 Å². The Hall–Kier alpha value is -0.120. The van der Waals surface area contributed by atoms with Gasteiger partial charge in [0.2, 0.25) is 0 Å². The maximum Gasteiger partial charge on any atom is 0.157 e. The van der Waals surface area contributed by atoms with Gasteiger partial charge in [0.1, 0.15) is 0 Å². The van der Waals surface area contributed by atoms with Gasteiger partial charge in [0.05, 0.1) is 6.61 Å². The Morgan fingerprint density at radius 3 is 3.00 bits per heavy atom. The van der Waals surface area contributed by atoms with E-state index in [1.165, 1.54) is 6.42 Å². The molecule has 3 heteroatoms. The SMILES string of the molecule is C[C@H](CO)CCOC1CCCCO1. The first-order chi connectivity index (χ1) is 6.33. The van der Waals surface area contributed by atoms with Gasteiger partial charge >= 0.3 is 0 Å². The zero-order chi connectivity index (χ0) is 9.52. The summed E-state index contributed by atoms with van der Waals surface area (Å²) in [6, 6.07) is 0. The van der Waals surface area contributed by atoms with E-state index >= 15 is 0 Å². The zero-order valence-corrected chi connectivity index (χ0v) is 8.37. The summed E-state index contributed by atoms with van der Waals surface area (Å²) < 4.78 is 10.9. The van der Waals surface area contributed by atoms with Gasteiger partial charge in [-0.1, -0.05) is 6.92 Å². The minimum absolute atomic E-state index is 0.0136. The average Bonchev–Trinajstić information content (AvgIpc) is 2.19. The van der Waals surface area contributed by atoms with Gasteiger partial charge in [0, 0.05) is 13.2 Å². The highest BCUT2D eigenvalue weighted by Crippen LogP contribution is 2.14. The van der Waals surface area contributed by atoms with E-state index in [0.29, 0.717) is 12.5 Å². The van der Waals surface area contributed by atoms with Crippen LogP contribution in [0.4, 0.5) is 0 Å². The second-order valence-electron chi connectivity index (χ2n) is 3.74. The fraction of sp³-hybridized carbons (Fsp3) is 1.00. The van der Waals surface area contributed by atoms with Crippen LogP contribution in [0.15, 0.2) is 0 Å². The maximum atomic E-state index is 8.78. The summed E-state index contributed by atoms with van der Waals surface area (Å²) in [5, 5.41) is 8.78. The van der Waals surface area contributed by atoms with Crippen LogP contribution in [0.2, 0.25) is 0 Å². The molecule has 1 fully saturated rings. The Balaban J connectivity index is 1.98. The highest BCUT2D eigenvalue weighted by molar-refractivity contribution is 4.55. The third-order valence-corrected chi connectivity index (χ3v) is 2.36. The van der Waals surface area contributed by atoms with E-state index in [0.717, 1.165) is 25.9 Å². The molecule has 1 heterocycles. The highest BCUT2D eigenvalue weighted by Gasteiger charge is 2.13. The number of ether oxygens (including phenoxy) is 2. The molecule has 78 valence electrons. The van der Waals surface area contributed by atoms with Gasteiger partial charge in [-0.3, -0.25) is 0 Å². The first-order valence-electron chi connectivity index (χ1n) is 5.17. The van der Waals surface area contributed by atoms with Gasteiger partial charge < -0.3 is 14.6 Å². The monoisotopic (exact) mass is 188 g/mol.